The number of nitrogens with zero attached hydrogens (tertiary/aromatic N) is 1. The van der Waals surface area contributed by atoms with Crippen LogP contribution < -0.4 is 5.32 Å². The Balaban J connectivity index is 0.00000243. The number of rotatable bonds is 2. The van der Waals surface area contributed by atoms with E-state index < -0.39 is 17.6 Å². The fourth-order valence-electron chi connectivity index (χ4n) is 2.93. The van der Waals surface area contributed by atoms with Gasteiger partial charge >= 0.3 is 6.18 Å². The number of benzene rings is 2. The number of amides is 1. The molecule has 0 bridgehead atoms. The predicted molar refractivity (Wildman–Crippen MR) is 91.7 cm³/mol. The van der Waals surface area contributed by atoms with Crippen molar-refractivity contribution in [3.63, 3.8) is 0 Å². The SMILES string of the molecule is Cl.O=C(c1ccc(C(F)(F)F)cc1)N1CCNCC1c1cccc(F)c1. The molecule has 1 atom stereocenters. The third-order valence-electron chi connectivity index (χ3n) is 4.20. The molecule has 1 N–H and O–H groups in total. The lowest BCUT2D eigenvalue weighted by Crippen LogP contribution is -2.48. The lowest BCUT2D eigenvalue weighted by Gasteiger charge is -2.36. The average molecular weight is 389 g/mol. The zero-order chi connectivity index (χ0) is 18.0. The Labute approximate surface area is 154 Å². The number of carbonyl (C=O) groups excluding carboxylic acids is 1. The van der Waals surface area contributed by atoms with E-state index in [0.29, 0.717) is 25.2 Å². The van der Waals surface area contributed by atoms with E-state index in [-0.39, 0.29) is 29.9 Å². The van der Waals surface area contributed by atoms with Crippen LogP contribution >= 0.6 is 12.4 Å². The summed E-state index contributed by atoms with van der Waals surface area (Å²) in [7, 11) is 0. The summed E-state index contributed by atoms with van der Waals surface area (Å²) in [4.78, 5) is 14.3. The maximum Gasteiger partial charge on any atom is 0.416 e. The van der Waals surface area contributed by atoms with Crippen molar-refractivity contribution in [1.29, 1.82) is 0 Å². The third-order valence-corrected chi connectivity index (χ3v) is 4.20. The second kappa shape index (κ2) is 8.05. The van der Waals surface area contributed by atoms with E-state index in [1.807, 2.05) is 0 Å². The van der Waals surface area contributed by atoms with Crippen molar-refractivity contribution in [3.05, 3.63) is 71.0 Å². The maximum atomic E-state index is 13.5. The van der Waals surface area contributed by atoms with Gasteiger partial charge in [0, 0.05) is 25.2 Å². The van der Waals surface area contributed by atoms with Crippen LogP contribution in [0.5, 0.6) is 0 Å². The molecule has 0 aliphatic carbocycles. The summed E-state index contributed by atoms with van der Waals surface area (Å²) in [5.41, 5.74) is 0.0230. The Bertz CT molecular complexity index is 765. The van der Waals surface area contributed by atoms with Crippen LogP contribution in [0.1, 0.15) is 27.5 Å². The average Bonchev–Trinajstić information content (AvgIpc) is 2.60. The summed E-state index contributed by atoms with van der Waals surface area (Å²) in [5, 5.41) is 3.15. The molecule has 1 heterocycles. The van der Waals surface area contributed by atoms with Crippen LogP contribution in [-0.4, -0.2) is 30.4 Å². The Hall–Kier alpha value is -2.12. The summed E-state index contributed by atoms with van der Waals surface area (Å²) in [5.74, 6) is -0.769. The molecule has 0 radical (unpaired) electrons. The summed E-state index contributed by atoms with van der Waals surface area (Å²) in [6, 6.07) is 9.75. The molecule has 0 aromatic heterocycles. The van der Waals surface area contributed by atoms with Gasteiger partial charge in [0.1, 0.15) is 5.82 Å². The number of hydrogen-bond donors (Lipinski definition) is 1. The van der Waals surface area contributed by atoms with Crippen LogP contribution in [0, 0.1) is 5.82 Å². The summed E-state index contributed by atoms with van der Waals surface area (Å²) in [6.07, 6.45) is -4.44. The van der Waals surface area contributed by atoms with E-state index in [9.17, 15) is 22.4 Å². The monoisotopic (exact) mass is 388 g/mol. The predicted octanol–water partition coefficient (Wildman–Crippen LogP) is 4.05. The van der Waals surface area contributed by atoms with Crippen molar-refractivity contribution in [2.24, 2.45) is 0 Å². The number of piperazine rings is 1. The number of alkyl halides is 3. The highest BCUT2D eigenvalue weighted by atomic mass is 35.5. The highest BCUT2D eigenvalue weighted by Gasteiger charge is 2.32. The zero-order valence-electron chi connectivity index (χ0n) is 13.6. The van der Waals surface area contributed by atoms with Crippen LogP contribution in [-0.2, 0) is 6.18 Å². The Kier molecular flexibility index (Phi) is 6.26. The topological polar surface area (TPSA) is 32.3 Å². The first-order chi connectivity index (χ1) is 11.9. The summed E-state index contributed by atoms with van der Waals surface area (Å²) in [6.45, 7) is 1.41. The molecule has 0 spiro atoms. The van der Waals surface area contributed by atoms with E-state index in [0.717, 1.165) is 12.1 Å². The largest absolute Gasteiger partial charge is 0.416 e. The molecule has 8 heteroatoms. The zero-order valence-corrected chi connectivity index (χ0v) is 14.4. The van der Waals surface area contributed by atoms with Crippen molar-refractivity contribution in [3.8, 4) is 0 Å². The van der Waals surface area contributed by atoms with Crippen LogP contribution in [0.3, 0.4) is 0 Å². The van der Waals surface area contributed by atoms with Gasteiger partial charge in [-0.2, -0.15) is 13.2 Å². The number of nitrogens with one attached hydrogen (secondary N) is 1. The number of halogens is 5. The first-order valence-electron chi connectivity index (χ1n) is 7.80. The highest BCUT2D eigenvalue weighted by molar-refractivity contribution is 5.94. The van der Waals surface area contributed by atoms with Crippen molar-refractivity contribution < 1.29 is 22.4 Å². The number of carbonyl (C=O) groups is 1. The summed E-state index contributed by atoms with van der Waals surface area (Å²) >= 11 is 0. The molecule has 3 rings (SSSR count). The summed E-state index contributed by atoms with van der Waals surface area (Å²) < 4.78 is 51.5. The van der Waals surface area contributed by atoms with E-state index in [2.05, 4.69) is 5.32 Å². The normalized spacial score (nSPS) is 17.5. The molecule has 1 amide bonds. The molecular weight excluding hydrogens is 372 g/mol. The van der Waals surface area contributed by atoms with Gasteiger partial charge in [-0.05, 0) is 42.0 Å². The van der Waals surface area contributed by atoms with E-state index in [4.69, 9.17) is 0 Å². The Morgan fingerprint density at radius 2 is 1.81 bits per heavy atom. The molecule has 2 aromatic rings. The van der Waals surface area contributed by atoms with Gasteiger partial charge in [-0.15, -0.1) is 12.4 Å². The minimum Gasteiger partial charge on any atom is -0.329 e. The fourth-order valence-corrected chi connectivity index (χ4v) is 2.93. The van der Waals surface area contributed by atoms with Crippen LogP contribution in [0.2, 0.25) is 0 Å². The first kappa shape index (κ1) is 20.2. The van der Waals surface area contributed by atoms with Crippen LogP contribution in [0.4, 0.5) is 17.6 Å². The van der Waals surface area contributed by atoms with Gasteiger partial charge in [-0.3, -0.25) is 4.79 Å². The fraction of sp³-hybridized carbons (Fsp3) is 0.278. The van der Waals surface area contributed by atoms with Gasteiger partial charge < -0.3 is 10.2 Å². The third kappa shape index (κ3) is 4.34. The molecule has 0 saturated carbocycles. The Morgan fingerprint density at radius 3 is 2.42 bits per heavy atom. The standard InChI is InChI=1S/C18H16F4N2O.ClH/c19-15-3-1-2-13(10-15)16-11-23-8-9-24(16)17(25)12-4-6-14(7-5-12)18(20,21)22;/h1-7,10,16,23H,8-9,11H2;1H. The van der Waals surface area contributed by atoms with Crippen molar-refractivity contribution in [1.82, 2.24) is 10.2 Å². The molecule has 1 aliphatic heterocycles. The second-order valence-corrected chi connectivity index (χ2v) is 5.85. The van der Waals surface area contributed by atoms with Gasteiger partial charge in [0.05, 0.1) is 11.6 Å². The van der Waals surface area contributed by atoms with Gasteiger partial charge in [0.15, 0.2) is 0 Å². The highest BCUT2D eigenvalue weighted by Crippen LogP contribution is 2.30. The molecular formula is C18H17ClF4N2O. The molecule has 26 heavy (non-hydrogen) atoms. The molecule has 140 valence electrons. The van der Waals surface area contributed by atoms with E-state index in [1.54, 1.807) is 17.0 Å². The van der Waals surface area contributed by atoms with Crippen molar-refractivity contribution >= 4 is 18.3 Å². The van der Waals surface area contributed by atoms with Crippen molar-refractivity contribution in [2.75, 3.05) is 19.6 Å². The molecule has 1 saturated heterocycles. The van der Waals surface area contributed by atoms with Crippen LogP contribution in [0.15, 0.2) is 48.5 Å². The van der Waals surface area contributed by atoms with E-state index in [1.165, 1.54) is 24.3 Å². The van der Waals surface area contributed by atoms with Gasteiger partial charge in [0.2, 0.25) is 0 Å². The lowest BCUT2D eigenvalue weighted by atomic mass is 10.0. The molecule has 3 nitrogen and oxygen atoms in total. The van der Waals surface area contributed by atoms with Crippen molar-refractivity contribution in [2.45, 2.75) is 12.2 Å². The smallest absolute Gasteiger partial charge is 0.329 e. The quantitative estimate of drug-likeness (QED) is 0.787. The van der Waals surface area contributed by atoms with Gasteiger partial charge in [-0.25, -0.2) is 4.39 Å². The van der Waals surface area contributed by atoms with Crippen LogP contribution in [0.25, 0.3) is 0 Å². The minimum atomic E-state index is -4.44. The van der Waals surface area contributed by atoms with Gasteiger partial charge in [-0.1, -0.05) is 12.1 Å². The molecule has 1 fully saturated rings. The van der Waals surface area contributed by atoms with Gasteiger partial charge in [0.25, 0.3) is 5.91 Å². The second-order valence-electron chi connectivity index (χ2n) is 5.85. The molecule has 1 aliphatic rings. The molecule has 2 aromatic carbocycles. The maximum absolute atomic E-state index is 13.5. The number of hydrogen-bond acceptors (Lipinski definition) is 2. The Morgan fingerprint density at radius 1 is 1.12 bits per heavy atom. The van der Waals surface area contributed by atoms with E-state index >= 15 is 0 Å². The minimum absolute atomic E-state index is 0. The lowest BCUT2D eigenvalue weighted by molar-refractivity contribution is -0.137. The molecule has 1 unspecified atom stereocenters. The first-order valence-corrected chi connectivity index (χ1v) is 7.80.